The maximum atomic E-state index is 13.1. The lowest BCUT2D eigenvalue weighted by molar-refractivity contribution is -0.131. The van der Waals surface area contributed by atoms with Crippen molar-refractivity contribution in [1.82, 2.24) is 19.9 Å². The predicted molar refractivity (Wildman–Crippen MR) is 125 cm³/mol. The van der Waals surface area contributed by atoms with Crippen molar-refractivity contribution < 1.29 is 14.3 Å². The SMILES string of the molecule is Cc1cnc(SCc2cccnc2)nc1C1CCCN(C(=O)Cc2ccc3c(c2)OCO3)C1. The third kappa shape index (κ3) is 5.11. The Labute approximate surface area is 197 Å². The molecule has 0 radical (unpaired) electrons. The Bertz CT molecular complexity index is 1140. The van der Waals surface area contributed by atoms with Crippen molar-refractivity contribution in [2.24, 2.45) is 0 Å². The Morgan fingerprint density at radius 3 is 2.97 bits per heavy atom. The average Bonchev–Trinajstić information content (AvgIpc) is 3.32. The van der Waals surface area contributed by atoms with Crippen LogP contribution in [0.2, 0.25) is 0 Å². The quantitative estimate of drug-likeness (QED) is 0.402. The van der Waals surface area contributed by atoms with Crippen molar-refractivity contribution in [3.63, 3.8) is 0 Å². The first-order valence-electron chi connectivity index (χ1n) is 11.2. The number of pyridine rings is 1. The summed E-state index contributed by atoms with van der Waals surface area (Å²) in [5, 5.41) is 0.767. The molecule has 33 heavy (non-hydrogen) atoms. The van der Waals surface area contributed by atoms with Crippen LogP contribution in [0.5, 0.6) is 11.5 Å². The highest BCUT2D eigenvalue weighted by Crippen LogP contribution is 2.33. The lowest BCUT2D eigenvalue weighted by Gasteiger charge is -2.33. The van der Waals surface area contributed by atoms with Crippen LogP contribution in [0.3, 0.4) is 0 Å². The van der Waals surface area contributed by atoms with Crippen LogP contribution in [0.1, 0.15) is 41.1 Å². The molecule has 0 aliphatic carbocycles. The van der Waals surface area contributed by atoms with Gasteiger partial charge in [0.2, 0.25) is 12.7 Å². The molecule has 2 aliphatic rings. The zero-order valence-corrected chi connectivity index (χ0v) is 19.4. The summed E-state index contributed by atoms with van der Waals surface area (Å²) in [5.41, 5.74) is 4.22. The summed E-state index contributed by atoms with van der Waals surface area (Å²) in [4.78, 5) is 28.6. The Morgan fingerprint density at radius 2 is 2.09 bits per heavy atom. The van der Waals surface area contributed by atoms with Crippen LogP contribution in [0.4, 0.5) is 0 Å². The van der Waals surface area contributed by atoms with E-state index in [0.717, 1.165) is 58.4 Å². The van der Waals surface area contributed by atoms with E-state index in [0.29, 0.717) is 18.7 Å². The maximum Gasteiger partial charge on any atom is 0.231 e. The molecule has 2 aliphatic heterocycles. The molecule has 170 valence electrons. The fourth-order valence-corrected chi connectivity index (χ4v) is 5.07. The van der Waals surface area contributed by atoms with Crippen LogP contribution >= 0.6 is 11.8 Å². The van der Waals surface area contributed by atoms with Crippen molar-refractivity contribution >= 4 is 17.7 Å². The smallest absolute Gasteiger partial charge is 0.231 e. The summed E-state index contributed by atoms with van der Waals surface area (Å²) in [6, 6.07) is 9.71. The summed E-state index contributed by atoms with van der Waals surface area (Å²) in [6.45, 7) is 3.76. The van der Waals surface area contributed by atoms with Crippen molar-refractivity contribution in [2.75, 3.05) is 19.9 Å². The summed E-state index contributed by atoms with van der Waals surface area (Å²) in [6.07, 6.45) is 7.90. The second-order valence-corrected chi connectivity index (χ2v) is 9.36. The molecule has 1 aromatic carbocycles. The lowest BCUT2D eigenvalue weighted by atomic mass is 9.92. The Hall–Kier alpha value is -3.13. The van der Waals surface area contributed by atoms with Crippen LogP contribution in [0.25, 0.3) is 0 Å². The normalized spacial score (nSPS) is 17.2. The number of fused-ring (bicyclic) bond motifs is 1. The minimum atomic E-state index is 0.136. The summed E-state index contributed by atoms with van der Waals surface area (Å²) in [7, 11) is 0. The van der Waals surface area contributed by atoms with Gasteiger partial charge < -0.3 is 14.4 Å². The minimum Gasteiger partial charge on any atom is -0.454 e. The molecule has 0 spiro atoms. The van der Waals surface area contributed by atoms with Crippen LogP contribution in [-0.4, -0.2) is 45.6 Å². The molecule has 0 N–H and O–H groups in total. The van der Waals surface area contributed by atoms with Crippen LogP contribution < -0.4 is 9.47 Å². The van der Waals surface area contributed by atoms with E-state index in [2.05, 4.69) is 23.0 Å². The minimum absolute atomic E-state index is 0.136. The number of hydrogen-bond donors (Lipinski definition) is 0. The van der Waals surface area contributed by atoms with E-state index in [1.54, 1.807) is 18.0 Å². The number of amides is 1. The van der Waals surface area contributed by atoms with Gasteiger partial charge in [0, 0.05) is 43.4 Å². The van der Waals surface area contributed by atoms with E-state index in [9.17, 15) is 4.79 Å². The van der Waals surface area contributed by atoms with Crippen molar-refractivity contribution in [2.45, 2.75) is 43.0 Å². The average molecular weight is 463 g/mol. The van der Waals surface area contributed by atoms with Gasteiger partial charge >= 0.3 is 0 Å². The fourth-order valence-electron chi connectivity index (χ4n) is 4.32. The van der Waals surface area contributed by atoms with E-state index >= 15 is 0 Å². The van der Waals surface area contributed by atoms with Gasteiger partial charge in [0.1, 0.15) is 0 Å². The van der Waals surface area contributed by atoms with E-state index in [4.69, 9.17) is 14.5 Å². The summed E-state index contributed by atoms with van der Waals surface area (Å²) < 4.78 is 10.8. The number of carbonyl (C=O) groups excluding carboxylic acids is 1. The second kappa shape index (κ2) is 9.79. The van der Waals surface area contributed by atoms with E-state index in [1.807, 2.05) is 41.6 Å². The number of hydrogen-bond acceptors (Lipinski definition) is 7. The molecule has 1 saturated heterocycles. The second-order valence-electron chi connectivity index (χ2n) is 8.41. The Morgan fingerprint density at radius 1 is 1.18 bits per heavy atom. The topological polar surface area (TPSA) is 77.4 Å². The molecule has 8 heteroatoms. The molecule has 5 rings (SSSR count). The Balaban J connectivity index is 1.24. The van der Waals surface area contributed by atoms with Gasteiger partial charge in [-0.05, 0) is 54.7 Å². The number of rotatable bonds is 6. The molecule has 2 aromatic heterocycles. The van der Waals surface area contributed by atoms with Crippen LogP contribution in [0.15, 0.2) is 54.1 Å². The van der Waals surface area contributed by atoms with Gasteiger partial charge in [-0.3, -0.25) is 9.78 Å². The molecular formula is C25H26N4O3S. The zero-order chi connectivity index (χ0) is 22.6. The number of carbonyl (C=O) groups is 1. The predicted octanol–water partition coefficient (Wildman–Crippen LogP) is 4.15. The lowest BCUT2D eigenvalue weighted by Crippen LogP contribution is -2.40. The number of thioether (sulfide) groups is 1. The number of benzene rings is 1. The van der Waals surface area contributed by atoms with Crippen LogP contribution in [0, 0.1) is 6.92 Å². The highest BCUT2D eigenvalue weighted by Gasteiger charge is 2.27. The molecule has 0 saturated carbocycles. The first-order valence-corrected chi connectivity index (χ1v) is 12.2. The molecule has 1 amide bonds. The van der Waals surface area contributed by atoms with Crippen molar-refractivity contribution in [3.05, 3.63) is 71.3 Å². The summed E-state index contributed by atoms with van der Waals surface area (Å²) >= 11 is 1.61. The molecule has 7 nitrogen and oxygen atoms in total. The monoisotopic (exact) mass is 462 g/mol. The molecule has 1 unspecified atom stereocenters. The number of likely N-dealkylation sites (tertiary alicyclic amines) is 1. The number of piperidine rings is 1. The van der Waals surface area contributed by atoms with Gasteiger partial charge in [-0.25, -0.2) is 9.97 Å². The highest BCUT2D eigenvalue weighted by atomic mass is 32.2. The molecule has 4 heterocycles. The van der Waals surface area contributed by atoms with E-state index < -0.39 is 0 Å². The molecule has 0 bridgehead atoms. The van der Waals surface area contributed by atoms with Gasteiger partial charge in [-0.1, -0.05) is 23.9 Å². The first kappa shape index (κ1) is 21.7. The molecular weight excluding hydrogens is 436 g/mol. The van der Waals surface area contributed by atoms with E-state index in [1.165, 1.54) is 0 Å². The third-order valence-corrected chi connectivity index (χ3v) is 6.97. The maximum absolute atomic E-state index is 13.1. The number of nitrogens with zero attached hydrogens (tertiary/aromatic N) is 4. The molecule has 3 aromatic rings. The number of ether oxygens (including phenoxy) is 2. The van der Waals surface area contributed by atoms with Gasteiger partial charge in [0.05, 0.1) is 12.1 Å². The van der Waals surface area contributed by atoms with Gasteiger partial charge in [-0.15, -0.1) is 0 Å². The number of aromatic nitrogens is 3. The van der Waals surface area contributed by atoms with Gasteiger partial charge in [0.15, 0.2) is 16.7 Å². The molecule has 1 fully saturated rings. The summed E-state index contributed by atoms with van der Waals surface area (Å²) in [5.74, 6) is 2.59. The highest BCUT2D eigenvalue weighted by molar-refractivity contribution is 7.98. The number of aryl methyl sites for hydroxylation is 1. The fraction of sp³-hybridized carbons (Fsp3) is 0.360. The largest absolute Gasteiger partial charge is 0.454 e. The van der Waals surface area contributed by atoms with Crippen LogP contribution in [-0.2, 0) is 17.0 Å². The van der Waals surface area contributed by atoms with Gasteiger partial charge in [0.25, 0.3) is 0 Å². The standard InChI is InChI=1S/C25H26N4O3S/c1-17-12-27-25(33-15-19-4-2-8-26-13-19)28-24(17)20-5-3-9-29(14-20)23(30)11-18-6-7-21-22(10-18)32-16-31-21/h2,4,6-8,10,12-13,20H,3,5,9,11,14-16H2,1H3. The molecule has 1 atom stereocenters. The van der Waals surface area contributed by atoms with Crippen molar-refractivity contribution in [1.29, 1.82) is 0 Å². The third-order valence-electron chi connectivity index (χ3n) is 6.03. The van der Waals surface area contributed by atoms with Gasteiger partial charge in [-0.2, -0.15) is 0 Å². The first-order chi connectivity index (χ1) is 16.2. The zero-order valence-electron chi connectivity index (χ0n) is 18.6. The van der Waals surface area contributed by atoms with Crippen molar-refractivity contribution in [3.8, 4) is 11.5 Å². The Kier molecular flexibility index (Phi) is 6.44. The van der Waals surface area contributed by atoms with E-state index in [-0.39, 0.29) is 18.6 Å².